The van der Waals surface area contributed by atoms with Crippen molar-refractivity contribution in [3.05, 3.63) is 16.1 Å². The fourth-order valence-corrected chi connectivity index (χ4v) is 2.24. The predicted molar refractivity (Wildman–Crippen MR) is 62.8 cm³/mol. The third-order valence-corrected chi connectivity index (χ3v) is 2.90. The molecule has 0 fully saturated rings. The lowest BCUT2D eigenvalue weighted by Gasteiger charge is -2.14. The van der Waals surface area contributed by atoms with Crippen molar-refractivity contribution in [1.82, 2.24) is 9.88 Å². The van der Waals surface area contributed by atoms with Gasteiger partial charge in [-0.3, -0.25) is 4.90 Å². The molecule has 0 saturated heterocycles. The average Bonchev–Trinajstić information content (AvgIpc) is 2.52. The van der Waals surface area contributed by atoms with Gasteiger partial charge in [-0.05, 0) is 7.05 Å². The molecule has 0 aromatic carbocycles. The Morgan fingerprint density at radius 1 is 1.53 bits per heavy atom. The van der Waals surface area contributed by atoms with Gasteiger partial charge in [0.15, 0.2) is 0 Å². The van der Waals surface area contributed by atoms with Gasteiger partial charge in [0.1, 0.15) is 5.01 Å². The molecule has 0 amide bonds. The lowest BCUT2D eigenvalue weighted by atomic mass is 9.93. The summed E-state index contributed by atoms with van der Waals surface area (Å²) < 4.78 is 0. The van der Waals surface area contributed by atoms with E-state index >= 15 is 0 Å². The summed E-state index contributed by atoms with van der Waals surface area (Å²) in [5.41, 5.74) is 1.25. The van der Waals surface area contributed by atoms with Crippen LogP contribution in [-0.2, 0) is 12.0 Å². The van der Waals surface area contributed by atoms with Gasteiger partial charge in [-0.2, -0.15) is 5.26 Å². The van der Waals surface area contributed by atoms with Crippen molar-refractivity contribution in [3.8, 4) is 6.07 Å². The van der Waals surface area contributed by atoms with Crippen LogP contribution in [0, 0.1) is 11.3 Å². The van der Waals surface area contributed by atoms with Gasteiger partial charge in [-0.15, -0.1) is 11.3 Å². The van der Waals surface area contributed by atoms with E-state index in [1.807, 2.05) is 11.9 Å². The SMILES string of the molecule is CN(CC#N)Cc1nc(C(C)(C)C)cs1. The van der Waals surface area contributed by atoms with E-state index < -0.39 is 0 Å². The Morgan fingerprint density at radius 2 is 2.20 bits per heavy atom. The van der Waals surface area contributed by atoms with Crippen LogP contribution in [0.4, 0.5) is 0 Å². The minimum Gasteiger partial charge on any atom is -0.287 e. The highest BCUT2D eigenvalue weighted by Crippen LogP contribution is 2.24. The average molecular weight is 223 g/mol. The van der Waals surface area contributed by atoms with Crippen LogP contribution in [0.25, 0.3) is 0 Å². The first-order chi connectivity index (χ1) is 6.93. The smallest absolute Gasteiger partial charge is 0.107 e. The summed E-state index contributed by atoms with van der Waals surface area (Å²) >= 11 is 1.67. The number of rotatable bonds is 3. The third-order valence-electron chi connectivity index (χ3n) is 2.07. The Hall–Kier alpha value is -0.920. The molecule has 0 spiro atoms. The van der Waals surface area contributed by atoms with Crippen LogP contribution in [-0.4, -0.2) is 23.5 Å². The maximum absolute atomic E-state index is 8.54. The molecule has 0 unspecified atom stereocenters. The van der Waals surface area contributed by atoms with Gasteiger partial charge in [0.05, 0.1) is 24.9 Å². The molecule has 15 heavy (non-hydrogen) atoms. The molecular weight excluding hydrogens is 206 g/mol. The van der Waals surface area contributed by atoms with Crippen molar-refractivity contribution in [1.29, 1.82) is 5.26 Å². The minimum absolute atomic E-state index is 0.114. The number of aromatic nitrogens is 1. The highest BCUT2D eigenvalue weighted by Gasteiger charge is 2.17. The lowest BCUT2D eigenvalue weighted by molar-refractivity contribution is 0.366. The largest absolute Gasteiger partial charge is 0.287 e. The summed E-state index contributed by atoms with van der Waals surface area (Å²) in [6.07, 6.45) is 0. The first-order valence-corrected chi connectivity index (χ1v) is 5.82. The molecule has 1 aromatic heterocycles. The molecule has 0 N–H and O–H groups in total. The van der Waals surface area contributed by atoms with E-state index in [4.69, 9.17) is 5.26 Å². The van der Waals surface area contributed by atoms with Crippen LogP contribution < -0.4 is 0 Å². The fraction of sp³-hybridized carbons (Fsp3) is 0.636. The second-order valence-corrected chi connectivity index (χ2v) is 5.65. The third kappa shape index (κ3) is 3.61. The van der Waals surface area contributed by atoms with Gasteiger partial charge < -0.3 is 0 Å². The number of hydrogen-bond acceptors (Lipinski definition) is 4. The summed E-state index contributed by atoms with van der Waals surface area (Å²) in [5.74, 6) is 0. The van der Waals surface area contributed by atoms with Gasteiger partial charge in [0.2, 0.25) is 0 Å². The number of hydrogen-bond donors (Lipinski definition) is 0. The Morgan fingerprint density at radius 3 is 2.67 bits per heavy atom. The number of thiazole rings is 1. The molecule has 0 saturated carbocycles. The van der Waals surface area contributed by atoms with Gasteiger partial charge in [-0.25, -0.2) is 4.98 Å². The Labute approximate surface area is 95.4 Å². The van der Waals surface area contributed by atoms with E-state index in [9.17, 15) is 0 Å². The molecule has 0 aliphatic heterocycles. The van der Waals surface area contributed by atoms with Crippen LogP contribution >= 0.6 is 11.3 Å². The Bertz CT molecular complexity index is 357. The zero-order valence-corrected chi connectivity index (χ0v) is 10.6. The van der Waals surface area contributed by atoms with Crippen molar-refractivity contribution >= 4 is 11.3 Å². The van der Waals surface area contributed by atoms with Crippen molar-refractivity contribution < 1.29 is 0 Å². The normalized spacial score (nSPS) is 11.7. The molecule has 0 aliphatic rings. The maximum Gasteiger partial charge on any atom is 0.107 e. The van der Waals surface area contributed by atoms with Crippen molar-refractivity contribution in [2.24, 2.45) is 0 Å². The standard InChI is InChI=1S/C11H17N3S/c1-11(2,3)9-8-15-10(13-9)7-14(4)6-5-12/h8H,6-7H2,1-4H3. The van der Waals surface area contributed by atoms with E-state index in [2.05, 4.69) is 37.2 Å². The summed E-state index contributed by atoms with van der Waals surface area (Å²) in [4.78, 5) is 6.53. The minimum atomic E-state index is 0.114. The first kappa shape index (κ1) is 12.2. The quantitative estimate of drug-likeness (QED) is 0.739. The van der Waals surface area contributed by atoms with Crippen molar-refractivity contribution in [2.45, 2.75) is 32.7 Å². The van der Waals surface area contributed by atoms with Crippen LogP contribution in [0.3, 0.4) is 0 Å². The first-order valence-electron chi connectivity index (χ1n) is 4.94. The molecule has 0 radical (unpaired) electrons. The summed E-state index contributed by atoms with van der Waals surface area (Å²) in [5, 5.41) is 11.7. The zero-order valence-electron chi connectivity index (χ0n) is 9.74. The second-order valence-electron chi connectivity index (χ2n) is 4.71. The van der Waals surface area contributed by atoms with Crippen LogP contribution in [0.15, 0.2) is 5.38 Å². The molecular formula is C11H17N3S. The highest BCUT2D eigenvalue weighted by atomic mass is 32.1. The van der Waals surface area contributed by atoms with Gasteiger partial charge in [0.25, 0.3) is 0 Å². The topological polar surface area (TPSA) is 39.9 Å². The molecule has 0 atom stereocenters. The summed E-state index contributed by atoms with van der Waals surface area (Å²) in [6.45, 7) is 7.68. The van der Waals surface area contributed by atoms with E-state index in [0.717, 1.165) is 17.2 Å². The molecule has 3 nitrogen and oxygen atoms in total. The molecule has 0 aliphatic carbocycles. The Balaban J connectivity index is 2.66. The van der Waals surface area contributed by atoms with Crippen molar-refractivity contribution in [3.63, 3.8) is 0 Å². The molecule has 1 heterocycles. The summed E-state index contributed by atoms with van der Waals surface area (Å²) in [6, 6.07) is 2.13. The Kier molecular flexibility index (Phi) is 3.83. The fourth-order valence-electron chi connectivity index (χ4n) is 1.14. The van der Waals surface area contributed by atoms with Gasteiger partial charge in [-0.1, -0.05) is 20.8 Å². The lowest BCUT2D eigenvalue weighted by Crippen LogP contribution is -2.18. The highest BCUT2D eigenvalue weighted by molar-refractivity contribution is 7.09. The van der Waals surface area contributed by atoms with Crippen molar-refractivity contribution in [2.75, 3.05) is 13.6 Å². The molecule has 82 valence electrons. The van der Waals surface area contributed by atoms with Crippen LogP contribution in [0.5, 0.6) is 0 Å². The van der Waals surface area contributed by atoms with Crippen LogP contribution in [0.1, 0.15) is 31.5 Å². The van der Waals surface area contributed by atoms with E-state index in [1.165, 1.54) is 0 Å². The van der Waals surface area contributed by atoms with E-state index in [-0.39, 0.29) is 5.41 Å². The molecule has 4 heteroatoms. The number of nitriles is 1. The molecule has 0 bridgehead atoms. The second kappa shape index (κ2) is 4.73. The maximum atomic E-state index is 8.54. The van der Waals surface area contributed by atoms with Crippen LogP contribution in [0.2, 0.25) is 0 Å². The van der Waals surface area contributed by atoms with E-state index in [1.54, 1.807) is 11.3 Å². The van der Waals surface area contributed by atoms with E-state index in [0.29, 0.717) is 6.54 Å². The monoisotopic (exact) mass is 223 g/mol. The number of nitrogens with zero attached hydrogens (tertiary/aromatic N) is 3. The predicted octanol–water partition coefficient (Wildman–Crippen LogP) is 2.40. The molecule has 1 aromatic rings. The van der Waals surface area contributed by atoms with Gasteiger partial charge >= 0.3 is 0 Å². The zero-order chi connectivity index (χ0) is 11.5. The van der Waals surface area contributed by atoms with Gasteiger partial charge in [0, 0.05) is 10.8 Å². The summed E-state index contributed by atoms with van der Waals surface area (Å²) in [7, 11) is 1.93. The molecule has 1 rings (SSSR count).